The molecule has 0 amide bonds. The summed E-state index contributed by atoms with van der Waals surface area (Å²) in [7, 11) is 0. The van der Waals surface area contributed by atoms with Crippen LogP contribution in [0.15, 0.2) is 0 Å². The summed E-state index contributed by atoms with van der Waals surface area (Å²) in [5, 5.41) is 3.54. The molecule has 2 nitrogen and oxygen atoms in total. The van der Waals surface area contributed by atoms with E-state index in [4.69, 9.17) is 4.74 Å². The Hall–Kier alpha value is -0.0800. The highest BCUT2D eigenvalue weighted by Crippen LogP contribution is 2.10. The average molecular weight is 257 g/mol. The minimum atomic E-state index is 0.178. The minimum absolute atomic E-state index is 0.178. The number of nitrogens with one attached hydrogen (secondary N) is 1. The van der Waals surface area contributed by atoms with E-state index in [0.29, 0.717) is 12.0 Å². The monoisotopic (exact) mass is 257 g/mol. The van der Waals surface area contributed by atoms with Gasteiger partial charge in [-0.1, -0.05) is 46.5 Å². The van der Waals surface area contributed by atoms with Crippen LogP contribution in [0.2, 0.25) is 0 Å². The first-order valence-corrected chi connectivity index (χ1v) is 7.73. The van der Waals surface area contributed by atoms with Gasteiger partial charge >= 0.3 is 0 Å². The summed E-state index contributed by atoms with van der Waals surface area (Å²) in [5.74, 6) is 0.579. The fourth-order valence-corrected chi connectivity index (χ4v) is 1.83. The molecule has 0 saturated carbocycles. The van der Waals surface area contributed by atoms with Crippen molar-refractivity contribution in [1.82, 2.24) is 5.32 Å². The van der Waals surface area contributed by atoms with E-state index < -0.39 is 0 Å². The van der Waals surface area contributed by atoms with Crippen molar-refractivity contribution in [2.75, 3.05) is 13.2 Å². The lowest BCUT2D eigenvalue weighted by Crippen LogP contribution is -2.43. The molecule has 0 heterocycles. The summed E-state index contributed by atoms with van der Waals surface area (Å²) in [6.07, 6.45) is 6.89. The van der Waals surface area contributed by atoms with Gasteiger partial charge in [0.15, 0.2) is 0 Å². The van der Waals surface area contributed by atoms with E-state index in [1.807, 2.05) is 0 Å². The normalized spacial score (nSPS) is 14.2. The van der Waals surface area contributed by atoms with Crippen molar-refractivity contribution in [3.05, 3.63) is 0 Å². The number of ether oxygens (including phenoxy) is 1. The maximum absolute atomic E-state index is 6.02. The van der Waals surface area contributed by atoms with E-state index in [0.717, 1.165) is 13.2 Å². The lowest BCUT2D eigenvalue weighted by Gasteiger charge is -2.27. The van der Waals surface area contributed by atoms with Crippen LogP contribution in [0.4, 0.5) is 0 Å². The Morgan fingerprint density at radius 1 is 1.00 bits per heavy atom. The van der Waals surface area contributed by atoms with E-state index in [-0.39, 0.29) is 5.54 Å². The summed E-state index contributed by atoms with van der Waals surface area (Å²) >= 11 is 0. The molecule has 1 atom stereocenters. The molecule has 0 saturated heterocycles. The first-order chi connectivity index (χ1) is 8.37. The molecule has 0 aliphatic carbocycles. The Morgan fingerprint density at radius 3 is 2.11 bits per heavy atom. The zero-order valence-electron chi connectivity index (χ0n) is 13.5. The maximum atomic E-state index is 6.02. The Labute approximate surface area is 115 Å². The molecule has 0 aromatic carbocycles. The van der Waals surface area contributed by atoms with Gasteiger partial charge in [0, 0.05) is 18.7 Å². The second-order valence-corrected chi connectivity index (χ2v) is 6.70. The highest BCUT2D eigenvalue weighted by atomic mass is 16.5. The van der Waals surface area contributed by atoms with Crippen LogP contribution in [-0.2, 0) is 4.74 Å². The topological polar surface area (TPSA) is 21.3 Å². The third-order valence-electron chi connectivity index (χ3n) is 3.16. The number of hydrogen-bond acceptors (Lipinski definition) is 2. The van der Waals surface area contributed by atoms with E-state index >= 15 is 0 Å². The van der Waals surface area contributed by atoms with Crippen molar-refractivity contribution in [1.29, 1.82) is 0 Å². The van der Waals surface area contributed by atoms with Crippen molar-refractivity contribution < 1.29 is 4.74 Å². The predicted molar refractivity (Wildman–Crippen MR) is 81.1 cm³/mol. The molecule has 0 aromatic heterocycles. The van der Waals surface area contributed by atoms with E-state index in [9.17, 15) is 0 Å². The highest BCUT2D eigenvalue weighted by Gasteiger charge is 2.17. The Bertz CT molecular complexity index is 184. The summed E-state index contributed by atoms with van der Waals surface area (Å²) < 4.78 is 6.02. The highest BCUT2D eigenvalue weighted by molar-refractivity contribution is 4.75. The first-order valence-electron chi connectivity index (χ1n) is 7.73. The molecule has 1 N–H and O–H groups in total. The summed E-state index contributed by atoms with van der Waals surface area (Å²) in [4.78, 5) is 0. The molecule has 0 spiro atoms. The lowest BCUT2D eigenvalue weighted by molar-refractivity contribution is 0.0171. The quantitative estimate of drug-likeness (QED) is 0.586. The predicted octanol–water partition coefficient (Wildman–Crippen LogP) is 4.39. The zero-order chi connectivity index (χ0) is 14.0. The van der Waals surface area contributed by atoms with Gasteiger partial charge in [0.2, 0.25) is 0 Å². The first kappa shape index (κ1) is 17.9. The minimum Gasteiger partial charge on any atom is -0.377 e. The van der Waals surface area contributed by atoms with Crippen LogP contribution in [0.25, 0.3) is 0 Å². The number of hydrogen-bond donors (Lipinski definition) is 1. The summed E-state index contributed by atoms with van der Waals surface area (Å²) in [6, 6.07) is 0. The van der Waals surface area contributed by atoms with Crippen molar-refractivity contribution in [2.45, 2.75) is 85.3 Å². The number of rotatable bonds is 10. The second kappa shape index (κ2) is 9.80. The molecule has 1 unspecified atom stereocenters. The van der Waals surface area contributed by atoms with Gasteiger partial charge in [0.05, 0.1) is 6.10 Å². The maximum Gasteiger partial charge on any atom is 0.0722 e. The van der Waals surface area contributed by atoms with E-state index in [2.05, 4.69) is 46.9 Å². The van der Waals surface area contributed by atoms with Gasteiger partial charge in [0.25, 0.3) is 0 Å². The molecule has 0 aromatic rings. The fourth-order valence-electron chi connectivity index (χ4n) is 1.83. The lowest BCUT2D eigenvalue weighted by atomic mass is 10.0. The molecular formula is C16H35NO. The van der Waals surface area contributed by atoms with Gasteiger partial charge in [-0.05, 0) is 33.1 Å². The molecule has 0 bridgehead atoms. The van der Waals surface area contributed by atoms with Crippen LogP contribution in [0, 0.1) is 5.92 Å². The summed E-state index contributed by atoms with van der Waals surface area (Å²) in [6.45, 7) is 15.2. The SMILES string of the molecule is CCCCCCCOC(CNC(C)(C)C)C(C)C. The van der Waals surface area contributed by atoms with Gasteiger partial charge in [-0.2, -0.15) is 0 Å². The van der Waals surface area contributed by atoms with Crippen molar-refractivity contribution in [3.63, 3.8) is 0 Å². The van der Waals surface area contributed by atoms with Crippen molar-refractivity contribution in [2.24, 2.45) is 5.92 Å². The fraction of sp³-hybridized carbons (Fsp3) is 1.00. The second-order valence-electron chi connectivity index (χ2n) is 6.70. The van der Waals surface area contributed by atoms with Crippen LogP contribution in [-0.4, -0.2) is 24.8 Å². The molecule has 0 aliphatic rings. The Kier molecular flexibility index (Phi) is 9.76. The molecule has 2 heteroatoms. The third kappa shape index (κ3) is 11.0. The molecule has 0 aliphatic heterocycles. The van der Waals surface area contributed by atoms with Crippen molar-refractivity contribution in [3.8, 4) is 0 Å². The van der Waals surface area contributed by atoms with Gasteiger partial charge in [-0.3, -0.25) is 0 Å². The third-order valence-corrected chi connectivity index (χ3v) is 3.16. The molecule has 0 rings (SSSR count). The largest absolute Gasteiger partial charge is 0.377 e. The van der Waals surface area contributed by atoms with Gasteiger partial charge in [-0.15, -0.1) is 0 Å². The summed E-state index contributed by atoms with van der Waals surface area (Å²) in [5.41, 5.74) is 0.178. The zero-order valence-corrected chi connectivity index (χ0v) is 13.5. The van der Waals surface area contributed by atoms with Gasteiger partial charge in [-0.25, -0.2) is 0 Å². The van der Waals surface area contributed by atoms with E-state index in [1.54, 1.807) is 0 Å². The van der Waals surface area contributed by atoms with Crippen LogP contribution >= 0.6 is 0 Å². The van der Waals surface area contributed by atoms with Crippen LogP contribution in [0.5, 0.6) is 0 Å². The van der Waals surface area contributed by atoms with Gasteiger partial charge in [0.1, 0.15) is 0 Å². The van der Waals surface area contributed by atoms with Gasteiger partial charge < -0.3 is 10.1 Å². The molecule has 110 valence electrons. The van der Waals surface area contributed by atoms with Crippen LogP contribution in [0.1, 0.15) is 73.6 Å². The van der Waals surface area contributed by atoms with E-state index in [1.165, 1.54) is 32.1 Å². The van der Waals surface area contributed by atoms with Crippen molar-refractivity contribution >= 4 is 0 Å². The Morgan fingerprint density at radius 2 is 1.61 bits per heavy atom. The molecule has 0 radical (unpaired) electrons. The average Bonchev–Trinajstić information content (AvgIpc) is 2.25. The molecular weight excluding hydrogens is 222 g/mol. The number of unbranched alkanes of at least 4 members (excludes halogenated alkanes) is 4. The standard InChI is InChI=1S/C16H35NO/c1-7-8-9-10-11-12-18-15(14(2)3)13-17-16(4,5)6/h14-15,17H,7-13H2,1-6H3. The van der Waals surface area contributed by atoms with Crippen LogP contribution < -0.4 is 5.32 Å². The van der Waals surface area contributed by atoms with Crippen LogP contribution in [0.3, 0.4) is 0 Å². The smallest absolute Gasteiger partial charge is 0.0722 e. The molecule has 0 fully saturated rings. The molecule has 18 heavy (non-hydrogen) atoms. The Balaban J connectivity index is 3.71.